The summed E-state index contributed by atoms with van der Waals surface area (Å²) in [4.78, 5) is 13.9. The predicted molar refractivity (Wildman–Crippen MR) is 79.7 cm³/mol. The molecule has 1 amide bonds. The average Bonchev–Trinajstić information content (AvgIpc) is 2.42. The second-order valence-electron chi connectivity index (χ2n) is 4.69. The number of hydrogen-bond acceptors (Lipinski definition) is 1. The molecular weight excluding hydrogens is 281 g/mol. The van der Waals surface area contributed by atoms with E-state index in [9.17, 15) is 4.79 Å². The Hall–Kier alpha value is -0.990. The van der Waals surface area contributed by atoms with Crippen LogP contribution < -0.4 is 0 Å². The Balaban J connectivity index is 1.79. The summed E-state index contributed by atoms with van der Waals surface area (Å²) in [6.45, 7) is 1.59. The maximum absolute atomic E-state index is 12.0. The molecule has 0 atom stereocenters. The summed E-state index contributed by atoms with van der Waals surface area (Å²) in [7, 11) is 0. The second kappa shape index (κ2) is 6.97. The Bertz CT molecular complexity index is 485. The van der Waals surface area contributed by atoms with Crippen molar-refractivity contribution in [2.75, 3.05) is 13.1 Å². The Labute approximate surface area is 124 Å². The first-order valence-electron chi connectivity index (χ1n) is 6.53. The van der Waals surface area contributed by atoms with E-state index in [0.29, 0.717) is 16.5 Å². The van der Waals surface area contributed by atoms with E-state index >= 15 is 0 Å². The molecule has 0 radical (unpaired) electrons. The van der Waals surface area contributed by atoms with Gasteiger partial charge in [-0.2, -0.15) is 0 Å². The Morgan fingerprint density at radius 2 is 2.11 bits per heavy atom. The molecule has 1 aromatic carbocycles. The summed E-state index contributed by atoms with van der Waals surface area (Å²) < 4.78 is 0. The first kappa shape index (κ1) is 14.4. The minimum absolute atomic E-state index is 0.231. The molecule has 1 aromatic rings. The van der Waals surface area contributed by atoms with Crippen molar-refractivity contribution in [3.8, 4) is 0 Å². The molecule has 0 unspecified atom stereocenters. The fourth-order valence-corrected chi connectivity index (χ4v) is 2.68. The second-order valence-corrected chi connectivity index (χ2v) is 5.53. The van der Waals surface area contributed by atoms with Gasteiger partial charge in [0.15, 0.2) is 0 Å². The number of benzene rings is 1. The van der Waals surface area contributed by atoms with Gasteiger partial charge in [-0.15, -0.1) is 0 Å². The van der Waals surface area contributed by atoms with Crippen LogP contribution in [0.4, 0.5) is 0 Å². The zero-order valence-corrected chi connectivity index (χ0v) is 12.3. The smallest absolute Gasteiger partial charge is 0.222 e. The van der Waals surface area contributed by atoms with Crippen LogP contribution in [0.2, 0.25) is 10.0 Å². The molecule has 0 N–H and O–H groups in total. The van der Waals surface area contributed by atoms with Crippen molar-refractivity contribution >= 4 is 29.1 Å². The van der Waals surface area contributed by atoms with E-state index < -0.39 is 0 Å². The molecule has 1 aliphatic heterocycles. The van der Waals surface area contributed by atoms with Crippen molar-refractivity contribution in [1.82, 2.24) is 4.90 Å². The van der Waals surface area contributed by atoms with Gasteiger partial charge in [-0.05, 0) is 37.0 Å². The van der Waals surface area contributed by atoms with Gasteiger partial charge in [-0.25, -0.2) is 0 Å². The molecule has 19 heavy (non-hydrogen) atoms. The quantitative estimate of drug-likeness (QED) is 0.766. The molecule has 2 nitrogen and oxygen atoms in total. The Morgan fingerprint density at radius 3 is 2.79 bits per heavy atom. The molecule has 4 heteroatoms. The number of rotatable bonds is 4. The monoisotopic (exact) mass is 297 g/mol. The Morgan fingerprint density at radius 1 is 1.26 bits per heavy atom. The summed E-state index contributed by atoms with van der Waals surface area (Å²) in [6, 6.07) is 5.51. The van der Waals surface area contributed by atoms with E-state index in [1.54, 1.807) is 6.07 Å². The third-order valence-corrected chi connectivity index (χ3v) is 3.85. The summed E-state index contributed by atoms with van der Waals surface area (Å²) in [5.74, 6) is 0.231. The molecule has 0 aromatic heterocycles. The van der Waals surface area contributed by atoms with E-state index in [4.69, 9.17) is 23.2 Å². The number of aryl methyl sites for hydroxylation is 1. The summed E-state index contributed by atoms with van der Waals surface area (Å²) in [5.41, 5.74) is 1.05. The molecule has 102 valence electrons. The van der Waals surface area contributed by atoms with Crippen LogP contribution in [0.5, 0.6) is 0 Å². The highest BCUT2D eigenvalue weighted by Crippen LogP contribution is 2.22. The average molecular weight is 298 g/mol. The maximum Gasteiger partial charge on any atom is 0.222 e. The van der Waals surface area contributed by atoms with Crippen LogP contribution in [0.25, 0.3) is 0 Å². The number of hydrogen-bond donors (Lipinski definition) is 0. The molecule has 0 saturated heterocycles. The van der Waals surface area contributed by atoms with Crippen molar-refractivity contribution in [2.24, 2.45) is 0 Å². The minimum atomic E-state index is 0.231. The summed E-state index contributed by atoms with van der Waals surface area (Å²) in [5, 5.41) is 1.32. The van der Waals surface area contributed by atoms with Crippen LogP contribution in [0.15, 0.2) is 30.4 Å². The lowest BCUT2D eigenvalue weighted by atomic mass is 10.1. The number of nitrogens with zero attached hydrogens (tertiary/aromatic N) is 1. The highest BCUT2D eigenvalue weighted by molar-refractivity contribution is 6.35. The van der Waals surface area contributed by atoms with Gasteiger partial charge in [0.25, 0.3) is 0 Å². The maximum atomic E-state index is 12.0. The molecule has 0 bridgehead atoms. The first-order chi connectivity index (χ1) is 9.16. The van der Waals surface area contributed by atoms with E-state index in [1.165, 1.54) is 0 Å². The highest BCUT2D eigenvalue weighted by atomic mass is 35.5. The minimum Gasteiger partial charge on any atom is -0.339 e. The lowest BCUT2D eigenvalue weighted by Gasteiger charge is -2.23. The first-order valence-corrected chi connectivity index (χ1v) is 7.29. The zero-order chi connectivity index (χ0) is 13.7. The summed E-state index contributed by atoms with van der Waals surface area (Å²) >= 11 is 12.0. The largest absolute Gasteiger partial charge is 0.339 e. The van der Waals surface area contributed by atoms with E-state index in [1.807, 2.05) is 17.0 Å². The third-order valence-electron chi connectivity index (χ3n) is 3.26. The molecule has 0 aliphatic carbocycles. The topological polar surface area (TPSA) is 20.3 Å². The number of carbonyl (C=O) groups excluding carboxylic acids is 1. The van der Waals surface area contributed by atoms with Crippen LogP contribution in [-0.2, 0) is 11.2 Å². The molecular formula is C15H17Cl2NO. The van der Waals surface area contributed by atoms with Gasteiger partial charge in [0, 0.05) is 29.6 Å². The van der Waals surface area contributed by atoms with Crippen molar-refractivity contribution in [3.05, 3.63) is 46.0 Å². The van der Waals surface area contributed by atoms with Gasteiger partial charge in [0.1, 0.15) is 0 Å². The van der Waals surface area contributed by atoms with Crippen LogP contribution in [-0.4, -0.2) is 23.9 Å². The molecule has 0 spiro atoms. The third kappa shape index (κ3) is 4.26. The van der Waals surface area contributed by atoms with Gasteiger partial charge in [-0.1, -0.05) is 41.4 Å². The van der Waals surface area contributed by atoms with Crippen molar-refractivity contribution in [2.45, 2.75) is 25.7 Å². The van der Waals surface area contributed by atoms with Crippen LogP contribution in [0.3, 0.4) is 0 Å². The van der Waals surface area contributed by atoms with Crippen molar-refractivity contribution < 1.29 is 4.79 Å². The van der Waals surface area contributed by atoms with Crippen LogP contribution in [0.1, 0.15) is 24.8 Å². The lowest BCUT2D eigenvalue weighted by Crippen LogP contribution is -2.33. The van der Waals surface area contributed by atoms with E-state index in [0.717, 1.165) is 37.9 Å². The standard InChI is InChI=1S/C15H17Cl2NO/c16-13-8-7-12(14(17)11-13)5-4-6-15(19)18-9-2-1-3-10-18/h1-2,7-8,11H,3-6,9-10H2. The van der Waals surface area contributed by atoms with Gasteiger partial charge >= 0.3 is 0 Å². The zero-order valence-electron chi connectivity index (χ0n) is 10.7. The normalized spacial score (nSPS) is 14.7. The van der Waals surface area contributed by atoms with Gasteiger partial charge < -0.3 is 4.90 Å². The molecule has 0 saturated carbocycles. The fraction of sp³-hybridized carbons (Fsp3) is 0.400. The number of carbonyl (C=O) groups is 1. The SMILES string of the molecule is O=C(CCCc1ccc(Cl)cc1Cl)N1CC=CCC1. The number of halogens is 2. The van der Waals surface area contributed by atoms with Gasteiger partial charge in [-0.3, -0.25) is 4.79 Å². The number of amides is 1. The summed E-state index contributed by atoms with van der Waals surface area (Å²) in [6.07, 6.45) is 7.35. The van der Waals surface area contributed by atoms with Gasteiger partial charge in [0.05, 0.1) is 0 Å². The molecule has 2 rings (SSSR count). The molecule has 0 fully saturated rings. The van der Waals surface area contributed by atoms with Crippen molar-refractivity contribution in [3.63, 3.8) is 0 Å². The van der Waals surface area contributed by atoms with E-state index in [-0.39, 0.29) is 5.91 Å². The van der Waals surface area contributed by atoms with Crippen molar-refractivity contribution in [1.29, 1.82) is 0 Å². The predicted octanol–water partition coefficient (Wildman–Crippen LogP) is 4.10. The lowest BCUT2D eigenvalue weighted by molar-refractivity contribution is -0.130. The van der Waals surface area contributed by atoms with E-state index in [2.05, 4.69) is 12.2 Å². The highest BCUT2D eigenvalue weighted by Gasteiger charge is 2.13. The van der Waals surface area contributed by atoms with Gasteiger partial charge in [0.2, 0.25) is 5.91 Å². The molecule has 1 heterocycles. The fourth-order valence-electron chi connectivity index (χ4n) is 2.18. The van der Waals surface area contributed by atoms with Crippen LogP contribution in [0, 0.1) is 0 Å². The Kier molecular flexibility index (Phi) is 5.29. The molecule has 1 aliphatic rings. The van der Waals surface area contributed by atoms with Crippen LogP contribution >= 0.6 is 23.2 Å².